The molecule has 0 spiro atoms. The van der Waals surface area contributed by atoms with Crippen LogP contribution in [0.1, 0.15) is 31.2 Å². The predicted octanol–water partition coefficient (Wildman–Crippen LogP) is 4.13. The van der Waals surface area contributed by atoms with Crippen LogP contribution in [0.15, 0.2) is 28.0 Å². The van der Waals surface area contributed by atoms with E-state index in [4.69, 9.17) is 0 Å². The predicted molar refractivity (Wildman–Crippen MR) is 84.7 cm³/mol. The molecule has 0 bridgehead atoms. The van der Waals surface area contributed by atoms with Gasteiger partial charge >= 0.3 is 4.59 Å². The summed E-state index contributed by atoms with van der Waals surface area (Å²) >= 11 is 1.29. The number of Topliss-reactive ketones (excluding diaryl/α,β-unsaturated/α-hetero) is 1. The molecular weight excluding hydrogens is 324 g/mol. The quantitative estimate of drug-likeness (QED) is 0.765. The number of benzene rings is 1. The van der Waals surface area contributed by atoms with Gasteiger partial charge in [-0.1, -0.05) is 6.07 Å². The van der Waals surface area contributed by atoms with Crippen LogP contribution in [0.2, 0.25) is 0 Å². The molecule has 22 heavy (non-hydrogen) atoms. The lowest BCUT2D eigenvalue weighted by Gasteiger charge is -2.41. The molecule has 0 N–H and O–H groups in total. The van der Waals surface area contributed by atoms with Crippen molar-refractivity contribution in [1.29, 1.82) is 0 Å². The molecule has 2 heterocycles. The van der Waals surface area contributed by atoms with Crippen LogP contribution in [-0.4, -0.2) is 34.9 Å². The first-order valence-corrected chi connectivity index (χ1v) is 9.15. The summed E-state index contributed by atoms with van der Waals surface area (Å²) in [5, 5.41) is 0. The third-order valence-corrected chi connectivity index (χ3v) is 7.57. The van der Waals surface area contributed by atoms with Gasteiger partial charge in [0.15, 0.2) is 0 Å². The van der Waals surface area contributed by atoms with Gasteiger partial charge in [-0.3, -0.25) is 4.79 Å². The number of thioether (sulfide) groups is 2. The Morgan fingerprint density at radius 1 is 1.23 bits per heavy atom. The van der Waals surface area contributed by atoms with Crippen LogP contribution in [0.5, 0.6) is 0 Å². The van der Waals surface area contributed by atoms with E-state index in [0.717, 1.165) is 24.9 Å². The number of hydrogen-bond acceptors (Lipinski definition) is 4. The molecule has 118 valence electrons. The lowest BCUT2D eigenvalue weighted by Crippen LogP contribution is -2.46. The Morgan fingerprint density at radius 3 is 2.82 bits per heavy atom. The molecule has 3 aliphatic rings. The average Bonchev–Trinajstić information content (AvgIpc) is 2.95. The highest BCUT2D eigenvalue weighted by Crippen LogP contribution is 2.59. The highest BCUT2D eigenvalue weighted by molar-refractivity contribution is 8.20. The first kappa shape index (κ1) is 15.0. The second-order valence-corrected chi connectivity index (χ2v) is 9.05. The molecule has 2 aliphatic heterocycles. The summed E-state index contributed by atoms with van der Waals surface area (Å²) in [6.07, 6.45) is 3.05. The highest BCUT2D eigenvalue weighted by Gasteiger charge is 2.51. The van der Waals surface area contributed by atoms with Gasteiger partial charge in [-0.25, -0.2) is 0 Å². The SMILES string of the molecule is CN1CC[C@]2(c3ccc4c(c3)SC(F)(F)S4)CCC(=O)C[C@H]12. The van der Waals surface area contributed by atoms with Gasteiger partial charge in [0.25, 0.3) is 0 Å². The van der Waals surface area contributed by atoms with Crippen LogP contribution >= 0.6 is 23.5 Å². The fraction of sp³-hybridized carbons (Fsp3) is 0.562. The number of carbonyl (C=O) groups is 1. The van der Waals surface area contributed by atoms with E-state index in [1.165, 1.54) is 0 Å². The number of carbonyl (C=O) groups excluding carboxylic acids is 1. The minimum Gasteiger partial charge on any atom is -0.302 e. The number of alkyl halides is 2. The van der Waals surface area contributed by atoms with Crippen molar-refractivity contribution >= 4 is 29.3 Å². The zero-order chi connectivity index (χ0) is 15.5. The summed E-state index contributed by atoms with van der Waals surface area (Å²) in [5.74, 6) is 0.326. The molecule has 1 saturated carbocycles. The van der Waals surface area contributed by atoms with Crippen LogP contribution in [0.25, 0.3) is 0 Å². The van der Waals surface area contributed by atoms with Gasteiger partial charge in [0.1, 0.15) is 5.78 Å². The van der Waals surface area contributed by atoms with Crippen molar-refractivity contribution in [3.05, 3.63) is 23.8 Å². The maximum Gasteiger partial charge on any atom is 0.350 e. The van der Waals surface area contributed by atoms with Crippen molar-refractivity contribution in [2.75, 3.05) is 13.6 Å². The van der Waals surface area contributed by atoms with E-state index in [0.29, 0.717) is 51.9 Å². The number of hydrogen-bond donors (Lipinski definition) is 0. The van der Waals surface area contributed by atoms with Crippen LogP contribution in [0.3, 0.4) is 0 Å². The van der Waals surface area contributed by atoms with E-state index in [2.05, 4.69) is 11.9 Å². The second kappa shape index (κ2) is 4.95. The summed E-state index contributed by atoms with van der Waals surface area (Å²) in [6.45, 7) is 0.965. The summed E-state index contributed by atoms with van der Waals surface area (Å²) in [7, 11) is 2.07. The third kappa shape index (κ3) is 2.22. The van der Waals surface area contributed by atoms with Crippen LogP contribution in [0.4, 0.5) is 8.78 Å². The number of fused-ring (bicyclic) bond motifs is 2. The van der Waals surface area contributed by atoms with E-state index in [1.807, 2.05) is 18.2 Å². The maximum absolute atomic E-state index is 13.6. The van der Waals surface area contributed by atoms with Crippen molar-refractivity contribution in [2.24, 2.45) is 0 Å². The number of likely N-dealkylation sites (N-methyl/N-ethyl adjacent to an activating group) is 1. The maximum atomic E-state index is 13.6. The standard InChI is InChI=1S/C16H17F2NOS2/c1-19-7-6-15(5-4-11(20)9-14(15)19)10-2-3-12-13(8-10)22-16(17,18)21-12/h2-3,8,14H,4-7,9H2,1H3/t14-,15-/m0/s1. The Morgan fingerprint density at radius 2 is 2.00 bits per heavy atom. The summed E-state index contributed by atoms with van der Waals surface area (Å²) in [4.78, 5) is 15.5. The fourth-order valence-electron chi connectivity index (χ4n) is 4.18. The monoisotopic (exact) mass is 341 g/mol. The van der Waals surface area contributed by atoms with Crippen LogP contribution in [-0.2, 0) is 10.2 Å². The van der Waals surface area contributed by atoms with E-state index < -0.39 is 4.59 Å². The minimum atomic E-state index is -2.76. The van der Waals surface area contributed by atoms with E-state index in [1.54, 1.807) is 0 Å². The Kier molecular flexibility index (Phi) is 3.37. The van der Waals surface area contributed by atoms with Gasteiger partial charge < -0.3 is 4.90 Å². The molecule has 0 radical (unpaired) electrons. The number of ketones is 1. The molecule has 1 saturated heterocycles. The van der Waals surface area contributed by atoms with Crippen molar-refractivity contribution in [3.63, 3.8) is 0 Å². The van der Waals surface area contributed by atoms with Crippen molar-refractivity contribution in [3.8, 4) is 0 Å². The molecule has 2 nitrogen and oxygen atoms in total. The smallest absolute Gasteiger partial charge is 0.302 e. The Bertz CT molecular complexity index is 651. The molecule has 2 fully saturated rings. The molecule has 0 unspecified atom stereocenters. The topological polar surface area (TPSA) is 20.3 Å². The van der Waals surface area contributed by atoms with E-state index in [-0.39, 0.29) is 11.5 Å². The van der Waals surface area contributed by atoms with Gasteiger partial charge in [0.05, 0.1) is 0 Å². The number of likely N-dealkylation sites (tertiary alicyclic amines) is 1. The van der Waals surface area contributed by atoms with Gasteiger partial charge in [-0.05, 0) is 67.7 Å². The van der Waals surface area contributed by atoms with Crippen molar-refractivity contribution in [1.82, 2.24) is 4.90 Å². The molecule has 0 aromatic heterocycles. The Balaban J connectivity index is 1.74. The van der Waals surface area contributed by atoms with Gasteiger partial charge in [0.2, 0.25) is 0 Å². The molecule has 1 aliphatic carbocycles. The summed E-state index contributed by atoms with van der Waals surface area (Å²) < 4.78 is 24.4. The lowest BCUT2D eigenvalue weighted by molar-refractivity contribution is -0.122. The lowest BCUT2D eigenvalue weighted by atomic mass is 9.66. The zero-order valence-electron chi connectivity index (χ0n) is 12.3. The van der Waals surface area contributed by atoms with Crippen molar-refractivity contribution < 1.29 is 13.6 Å². The third-order valence-electron chi connectivity index (χ3n) is 5.33. The second-order valence-electron chi connectivity index (χ2n) is 6.47. The minimum absolute atomic E-state index is 0.0409. The van der Waals surface area contributed by atoms with E-state index >= 15 is 0 Å². The molecule has 6 heteroatoms. The summed E-state index contributed by atoms with van der Waals surface area (Å²) in [5.41, 5.74) is 1.10. The summed E-state index contributed by atoms with van der Waals surface area (Å²) in [6, 6.07) is 6.02. The first-order valence-electron chi connectivity index (χ1n) is 7.52. The first-order chi connectivity index (χ1) is 10.4. The fourth-order valence-corrected chi connectivity index (χ4v) is 6.30. The molecule has 1 aromatic rings. The van der Waals surface area contributed by atoms with Gasteiger partial charge in [-0.2, -0.15) is 8.78 Å². The molecular formula is C16H17F2NOS2. The van der Waals surface area contributed by atoms with E-state index in [9.17, 15) is 13.6 Å². The van der Waals surface area contributed by atoms with Gasteiger partial charge in [-0.15, -0.1) is 0 Å². The highest BCUT2D eigenvalue weighted by atomic mass is 32.2. The zero-order valence-corrected chi connectivity index (χ0v) is 13.9. The molecule has 0 amide bonds. The van der Waals surface area contributed by atoms with Gasteiger partial charge in [0, 0.05) is 34.1 Å². The Labute approximate surface area is 137 Å². The number of nitrogens with zero attached hydrogens (tertiary/aromatic N) is 1. The number of halogens is 2. The number of rotatable bonds is 1. The van der Waals surface area contributed by atoms with Crippen LogP contribution in [0, 0.1) is 0 Å². The Hall–Kier alpha value is -0.590. The van der Waals surface area contributed by atoms with Crippen LogP contribution < -0.4 is 0 Å². The normalized spacial score (nSPS) is 33.8. The molecule has 2 atom stereocenters. The average molecular weight is 341 g/mol. The largest absolute Gasteiger partial charge is 0.350 e. The molecule has 1 aromatic carbocycles. The molecule has 4 rings (SSSR count). The van der Waals surface area contributed by atoms with Crippen molar-refractivity contribution in [2.45, 2.75) is 51.5 Å².